The maximum absolute atomic E-state index is 15.7. The van der Waals surface area contributed by atoms with Crippen LogP contribution in [-0.2, 0) is 11.2 Å². The predicted molar refractivity (Wildman–Crippen MR) is 130 cm³/mol. The molecule has 0 bridgehead atoms. The van der Waals surface area contributed by atoms with Crippen molar-refractivity contribution in [3.8, 4) is 0 Å². The molecule has 0 amide bonds. The number of fused-ring (bicyclic) bond motifs is 1. The van der Waals surface area contributed by atoms with Gasteiger partial charge < -0.3 is 5.32 Å². The van der Waals surface area contributed by atoms with Gasteiger partial charge in [-0.25, -0.2) is 19.3 Å². The van der Waals surface area contributed by atoms with Gasteiger partial charge in [0.25, 0.3) is 0 Å². The molecule has 0 aromatic carbocycles. The highest BCUT2D eigenvalue weighted by molar-refractivity contribution is 6.28. The van der Waals surface area contributed by atoms with Crippen molar-refractivity contribution in [2.75, 3.05) is 5.32 Å². The molecule has 32 heavy (non-hydrogen) atoms. The molecule has 0 saturated heterocycles. The maximum Gasteiger partial charge on any atom is 0.224 e. The number of hydrogen-bond acceptors (Lipinski definition) is 5. The molecule has 1 aliphatic rings. The van der Waals surface area contributed by atoms with E-state index in [2.05, 4.69) is 27.2 Å². The summed E-state index contributed by atoms with van der Waals surface area (Å²) in [5.74, 6) is 0.0569. The van der Waals surface area contributed by atoms with Crippen molar-refractivity contribution in [3.05, 3.63) is 56.9 Å². The van der Waals surface area contributed by atoms with E-state index in [0.29, 0.717) is 36.2 Å². The second-order valence-electron chi connectivity index (χ2n) is 7.49. The molecule has 0 radical (unpaired) electrons. The predicted octanol–water partition coefficient (Wildman–Crippen LogP) is 7.17. The fourth-order valence-electron chi connectivity index (χ4n) is 3.97. The Bertz CT molecular complexity index is 1050. The van der Waals surface area contributed by atoms with Gasteiger partial charge in [0.15, 0.2) is 11.6 Å². The summed E-state index contributed by atoms with van der Waals surface area (Å²) in [5.41, 5.74) is 5.70. The molecule has 0 aliphatic heterocycles. The summed E-state index contributed by atoms with van der Waals surface area (Å²) in [6, 6.07) is 0. The minimum atomic E-state index is -0.436. The number of aryl methyl sites for hydroxylation is 2. The van der Waals surface area contributed by atoms with Gasteiger partial charge in [-0.2, -0.15) is 0 Å². The van der Waals surface area contributed by atoms with Crippen LogP contribution in [0, 0.1) is 12.7 Å². The molecule has 7 heteroatoms. The zero-order valence-corrected chi connectivity index (χ0v) is 20.5. The van der Waals surface area contributed by atoms with Crippen molar-refractivity contribution < 1.29 is 9.18 Å². The Morgan fingerprint density at radius 1 is 1.19 bits per heavy atom. The van der Waals surface area contributed by atoms with E-state index in [1.807, 2.05) is 34.6 Å². The number of hydrogen-bond donors (Lipinski definition) is 1. The van der Waals surface area contributed by atoms with Gasteiger partial charge in [0.2, 0.25) is 5.28 Å². The monoisotopic (exact) mass is 458 g/mol. The number of allylic oxidation sites excluding steroid dienone is 4. The molecular weight excluding hydrogens is 427 g/mol. The van der Waals surface area contributed by atoms with Crippen molar-refractivity contribution in [2.24, 2.45) is 0 Å². The number of carbonyl (C=O) groups excluding carboxylic acids is 1. The summed E-state index contributed by atoms with van der Waals surface area (Å²) in [5, 5.41) is 3.03. The number of anilines is 2. The van der Waals surface area contributed by atoms with Crippen LogP contribution in [0.1, 0.15) is 77.0 Å². The zero-order chi connectivity index (χ0) is 23.8. The number of carbonyl (C=O) groups is 1. The van der Waals surface area contributed by atoms with Gasteiger partial charge in [-0.1, -0.05) is 39.7 Å². The third-order valence-corrected chi connectivity index (χ3v) is 5.65. The number of nitrogens with zero attached hydrogens (tertiary/aromatic N) is 3. The standard InChI is InChI=1S/C23H26ClFN4O.C2H6/c1-5-7-13(3)18(12-30)17-9-8-15-11-26-22(20(25)19(15)16(17)6-2)28-21-14(4)10-27-23(24)29-21;1-2/h10-12H,5-9H2,1-4H3,(H,26,27,28,29);1-2H3/b18-13+;. The van der Waals surface area contributed by atoms with Crippen LogP contribution in [0.15, 0.2) is 29.1 Å². The lowest BCUT2D eigenvalue weighted by Gasteiger charge is -2.25. The lowest BCUT2D eigenvalue weighted by molar-refractivity contribution is -0.104. The normalized spacial score (nSPS) is 13.6. The van der Waals surface area contributed by atoms with E-state index >= 15 is 4.39 Å². The van der Waals surface area contributed by atoms with Crippen molar-refractivity contribution in [1.82, 2.24) is 15.0 Å². The van der Waals surface area contributed by atoms with Crippen LogP contribution in [0.25, 0.3) is 5.57 Å². The van der Waals surface area contributed by atoms with Gasteiger partial charge in [0.05, 0.1) is 0 Å². The van der Waals surface area contributed by atoms with Crippen molar-refractivity contribution in [1.29, 1.82) is 0 Å². The van der Waals surface area contributed by atoms with Crippen molar-refractivity contribution >= 4 is 35.1 Å². The molecule has 0 spiro atoms. The molecule has 0 atom stereocenters. The summed E-state index contributed by atoms with van der Waals surface area (Å²) in [6.07, 6.45) is 7.98. The van der Waals surface area contributed by atoms with Crippen molar-refractivity contribution in [3.63, 3.8) is 0 Å². The smallest absolute Gasteiger partial charge is 0.224 e. The number of halogens is 2. The molecule has 2 aromatic rings. The number of pyridine rings is 1. The van der Waals surface area contributed by atoms with Gasteiger partial charge in [-0.15, -0.1) is 0 Å². The minimum Gasteiger partial charge on any atom is -0.322 e. The Kier molecular flexibility index (Phi) is 9.51. The number of rotatable bonds is 7. The van der Waals surface area contributed by atoms with Gasteiger partial charge in [-0.3, -0.25) is 4.79 Å². The summed E-state index contributed by atoms with van der Waals surface area (Å²) >= 11 is 5.89. The topological polar surface area (TPSA) is 67.8 Å². The average molecular weight is 459 g/mol. The SMILES string of the molecule is CC.CCC/C(C)=C(\C=O)C1=C(CC)c2c(cnc(Nc3nc(Cl)ncc3C)c2F)CC1. The molecule has 172 valence electrons. The third-order valence-electron chi connectivity index (χ3n) is 5.47. The first-order chi connectivity index (χ1) is 15.4. The van der Waals surface area contributed by atoms with Crippen LogP contribution in [0.5, 0.6) is 0 Å². The second kappa shape index (κ2) is 11.9. The lowest BCUT2D eigenvalue weighted by atomic mass is 9.80. The van der Waals surface area contributed by atoms with Gasteiger partial charge in [0.1, 0.15) is 12.1 Å². The Labute approximate surface area is 195 Å². The maximum atomic E-state index is 15.7. The highest BCUT2D eigenvalue weighted by Crippen LogP contribution is 2.40. The molecule has 3 rings (SSSR count). The van der Waals surface area contributed by atoms with Crippen LogP contribution in [0.2, 0.25) is 5.28 Å². The van der Waals surface area contributed by atoms with E-state index in [-0.39, 0.29) is 11.1 Å². The molecule has 2 aromatic heterocycles. The second-order valence-corrected chi connectivity index (χ2v) is 7.83. The largest absolute Gasteiger partial charge is 0.322 e. The van der Waals surface area contributed by atoms with Crippen LogP contribution in [-0.4, -0.2) is 21.2 Å². The summed E-state index contributed by atoms with van der Waals surface area (Å²) < 4.78 is 15.7. The summed E-state index contributed by atoms with van der Waals surface area (Å²) in [7, 11) is 0. The number of aldehydes is 1. The van der Waals surface area contributed by atoms with E-state index in [4.69, 9.17) is 11.6 Å². The highest BCUT2D eigenvalue weighted by atomic mass is 35.5. The molecule has 0 saturated carbocycles. The Morgan fingerprint density at radius 3 is 2.53 bits per heavy atom. The third kappa shape index (κ3) is 5.41. The molecule has 1 aliphatic carbocycles. The summed E-state index contributed by atoms with van der Waals surface area (Å²) in [6.45, 7) is 11.9. The number of aromatic nitrogens is 3. The van der Waals surface area contributed by atoms with E-state index in [9.17, 15) is 4.79 Å². The van der Waals surface area contributed by atoms with E-state index < -0.39 is 5.82 Å². The molecule has 0 unspecified atom stereocenters. The first-order valence-electron chi connectivity index (χ1n) is 11.2. The highest BCUT2D eigenvalue weighted by Gasteiger charge is 2.26. The van der Waals surface area contributed by atoms with Crippen LogP contribution in [0.4, 0.5) is 16.0 Å². The molecule has 1 N–H and O–H groups in total. The van der Waals surface area contributed by atoms with E-state index in [1.165, 1.54) is 0 Å². The minimum absolute atomic E-state index is 0.0741. The molecule has 0 fully saturated rings. The fourth-order valence-corrected chi connectivity index (χ4v) is 4.11. The van der Waals surface area contributed by atoms with Crippen LogP contribution < -0.4 is 5.32 Å². The van der Waals surface area contributed by atoms with Crippen molar-refractivity contribution in [2.45, 2.75) is 73.6 Å². The van der Waals surface area contributed by atoms with Crippen LogP contribution in [0.3, 0.4) is 0 Å². The van der Waals surface area contributed by atoms with Gasteiger partial charge >= 0.3 is 0 Å². The number of nitrogens with one attached hydrogen (secondary N) is 1. The fraction of sp³-hybridized carbons (Fsp3) is 0.440. The van der Waals surface area contributed by atoms with E-state index in [1.54, 1.807) is 12.4 Å². The Hall–Kier alpha value is -2.60. The Morgan fingerprint density at radius 2 is 1.91 bits per heavy atom. The first-order valence-corrected chi connectivity index (χ1v) is 11.6. The van der Waals surface area contributed by atoms with Gasteiger partial charge in [-0.05, 0) is 67.8 Å². The molecule has 2 heterocycles. The van der Waals surface area contributed by atoms with Gasteiger partial charge in [0, 0.05) is 29.1 Å². The summed E-state index contributed by atoms with van der Waals surface area (Å²) in [4.78, 5) is 24.3. The average Bonchev–Trinajstić information content (AvgIpc) is 2.80. The zero-order valence-electron chi connectivity index (χ0n) is 19.8. The molecular formula is C25H32ClFN4O. The first kappa shape index (κ1) is 25.7. The quantitative estimate of drug-likeness (QED) is 0.270. The lowest BCUT2D eigenvalue weighted by Crippen LogP contribution is -2.13. The van der Waals surface area contributed by atoms with Crippen LogP contribution >= 0.6 is 11.6 Å². The molecule has 5 nitrogen and oxygen atoms in total. The van der Waals surface area contributed by atoms with E-state index in [0.717, 1.165) is 47.0 Å². The Balaban J connectivity index is 0.00000176.